The third kappa shape index (κ3) is 3.51. The zero-order valence-corrected chi connectivity index (χ0v) is 13.9. The molecule has 0 aliphatic heterocycles. The Kier molecular flexibility index (Phi) is 4.74. The van der Waals surface area contributed by atoms with E-state index in [-0.39, 0.29) is 32.5 Å². The van der Waals surface area contributed by atoms with E-state index < -0.39 is 12.1 Å². The molecule has 0 atom stereocenters. The van der Waals surface area contributed by atoms with Crippen molar-refractivity contribution >= 4 is 34.6 Å². The maximum atomic E-state index is 13.7. The van der Waals surface area contributed by atoms with E-state index >= 15 is 0 Å². The minimum absolute atomic E-state index is 0.00874. The molecular weight excluding hydrogens is 348 g/mol. The molecule has 0 fully saturated rings. The van der Waals surface area contributed by atoms with Crippen LogP contribution in [0, 0.1) is 13.8 Å². The van der Waals surface area contributed by atoms with Crippen LogP contribution in [0.1, 0.15) is 28.2 Å². The number of hydrogen-bond acceptors (Lipinski definition) is 2. The molecule has 0 amide bonds. The number of rotatable bonds is 2. The van der Waals surface area contributed by atoms with Crippen LogP contribution in [0.15, 0.2) is 24.3 Å². The predicted molar refractivity (Wildman–Crippen MR) is 89.1 cm³/mol. The average Bonchev–Trinajstić information content (AvgIpc) is 2.40. The number of hydrogen-bond donors (Lipinski definition) is 2. The predicted octanol–water partition coefficient (Wildman–Crippen LogP) is 5.47. The van der Waals surface area contributed by atoms with Crippen LogP contribution in [0.25, 0.3) is 0 Å². The summed E-state index contributed by atoms with van der Waals surface area (Å²) in [4.78, 5) is 0. The van der Waals surface area contributed by atoms with Gasteiger partial charge in [0.15, 0.2) is 0 Å². The standard InChI is InChI=1S/C16H15Cl2F3N2/c1-7-3-9(5-11(17)14(7)22)13(16(19,20)21)10-4-8(2)15(23)12(18)6-10/h3-6,13H,22-23H2,1-2H3. The lowest BCUT2D eigenvalue weighted by molar-refractivity contribution is -0.141. The molecule has 0 saturated carbocycles. The van der Waals surface area contributed by atoms with E-state index in [2.05, 4.69) is 0 Å². The Balaban J connectivity index is 2.69. The highest BCUT2D eigenvalue weighted by atomic mass is 35.5. The molecule has 2 aromatic carbocycles. The second-order valence-electron chi connectivity index (χ2n) is 5.44. The fourth-order valence-corrected chi connectivity index (χ4v) is 3.02. The zero-order valence-electron chi connectivity index (χ0n) is 12.4. The first-order valence-electron chi connectivity index (χ1n) is 6.70. The van der Waals surface area contributed by atoms with Crippen LogP contribution < -0.4 is 11.5 Å². The first kappa shape index (κ1) is 17.8. The highest BCUT2D eigenvalue weighted by Crippen LogP contribution is 2.43. The van der Waals surface area contributed by atoms with E-state index in [0.29, 0.717) is 11.1 Å². The topological polar surface area (TPSA) is 52.0 Å². The van der Waals surface area contributed by atoms with Crippen LogP contribution in [0.4, 0.5) is 24.5 Å². The fraction of sp³-hybridized carbons (Fsp3) is 0.250. The van der Waals surface area contributed by atoms with Crippen molar-refractivity contribution in [2.75, 3.05) is 11.5 Å². The lowest BCUT2D eigenvalue weighted by Gasteiger charge is -2.23. The largest absolute Gasteiger partial charge is 0.399 e. The van der Waals surface area contributed by atoms with Gasteiger partial charge in [-0.15, -0.1) is 0 Å². The summed E-state index contributed by atoms with van der Waals surface area (Å²) in [6.07, 6.45) is -4.52. The van der Waals surface area contributed by atoms with Gasteiger partial charge in [0.25, 0.3) is 0 Å². The fourth-order valence-electron chi connectivity index (χ4n) is 2.47. The van der Waals surface area contributed by atoms with E-state index in [4.69, 9.17) is 34.7 Å². The number of anilines is 2. The Morgan fingerprint density at radius 1 is 0.826 bits per heavy atom. The van der Waals surface area contributed by atoms with Gasteiger partial charge >= 0.3 is 6.18 Å². The molecule has 0 heterocycles. The maximum Gasteiger partial charge on any atom is 0.399 e. The Morgan fingerprint density at radius 2 is 1.17 bits per heavy atom. The Bertz CT molecular complexity index is 654. The Hall–Kier alpha value is -1.59. The van der Waals surface area contributed by atoms with E-state index in [1.807, 2.05) is 0 Å². The Labute approximate surface area is 142 Å². The molecule has 7 heteroatoms. The van der Waals surface area contributed by atoms with Gasteiger partial charge in [-0.3, -0.25) is 0 Å². The van der Waals surface area contributed by atoms with Gasteiger partial charge in [0, 0.05) is 0 Å². The third-order valence-electron chi connectivity index (χ3n) is 3.71. The van der Waals surface area contributed by atoms with E-state index in [0.717, 1.165) is 0 Å². The van der Waals surface area contributed by atoms with Gasteiger partial charge in [0.2, 0.25) is 0 Å². The second kappa shape index (κ2) is 6.13. The SMILES string of the molecule is Cc1cc(C(c2cc(C)c(N)c(Cl)c2)C(F)(F)F)cc(Cl)c1N. The summed E-state index contributed by atoms with van der Waals surface area (Å²) in [5.41, 5.74) is 13.0. The van der Waals surface area contributed by atoms with Crippen LogP contribution >= 0.6 is 23.2 Å². The normalized spacial score (nSPS) is 12.0. The van der Waals surface area contributed by atoms with Crippen molar-refractivity contribution in [3.63, 3.8) is 0 Å². The van der Waals surface area contributed by atoms with E-state index in [1.165, 1.54) is 24.3 Å². The lowest BCUT2D eigenvalue weighted by atomic mass is 9.88. The second-order valence-corrected chi connectivity index (χ2v) is 6.26. The Morgan fingerprint density at radius 3 is 1.43 bits per heavy atom. The van der Waals surface area contributed by atoms with Crippen molar-refractivity contribution in [1.82, 2.24) is 0 Å². The van der Waals surface area contributed by atoms with Crippen molar-refractivity contribution in [2.24, 2.45) is 0 Å². The van der Waals surface area contributed by atoms with Gasteiger partial charge in [0.05, 0.1) is 21.4 Å². The summed E-state index contributed by atoms with van der Waals surface area (Å²) in [7, 11) is 0. The summed E-state index contributed by atoms with van der Waals surface area (Å²) >= 11 is 11.9. The number of benzene rings is 2. The molecule has 0 aliphatic carbocycles. The molecule has 0 aromatic heterocycles. The van der Waals surface area contributed by atoms with Crippen LogP contribution in [0.5, 0.6) is 0 Å². The maximum absolute atomic E-state index is 13.7. The number of halogens is 5. The van der Waals surface area contributed by atoms with Gasteiger partial charge in [-0.1, -0.05) is 35.3 Å². The number of aryl methyl sites for hydroxylation is 2. The molecule has 0 bridgehead atoms. The molecule has 124 valence electrons. The van der Waals surface area contributed by atoms with E-state index in [1.54, 1.807) is 13.8 Å². The molecule has 0 radical (unpaired) electrons. The van der Waals surface area contributed by atoms with Gasteiger partial charge in [-0.25, -0.2) is 0 Å². The van der Waals surface area contributed by atoms with Crippen LogP contribution in [-0.4, -0.2) is 6.18 Å². The lowest BCUT2D eigenvalue weighted by Crippen LogP contribution is -2.22. The van der Waals surface area contributed by atoms with Crippen LogP contribution in [0.2, 0.25) is 10.0 Å². The van der Waals surface area contributed by atoms with E-state index in [9.17, 15) is 13.2 Å². The summed E-state index contributed by atoms with van der Waals surface area (Å²) in [6.45, 7) is 3.22. The third-order valence-corrected chi connectivity index (χ3v) is 4.34. The molecule has 4 N–H and O–H groups in total. The summed E-state index contributed by atoms with van der Waals surface area (Å²) in [5.74, 6) is -1.86. The van der Waals surface area contributed by atoms with Crippen LogP contribution in [-0.2, 0) is 0 Å². The highest BCUT2D eigenvalue weighted by Gasteiger charge is 2.42. The molecule has 0 spiro atoms. The molecule has 23 heavy (non-hydrogen) atoms. The first-order chi connectivity index (χ1) is 10.5. The highest BCUT2D eigenvalue weighted by molar-refractivity contribution is 6.33. The number of alkyl halides is 3. The molecule has 2 rings (SSSR count). The molecule has 0 unspecified atom stereocenters. The smallest absolute Gasteiger partial charge is 0.397 e. The molecule has 2 nitrogen and oxygen atoms in total. The molecule has 0 aliphatic rings. The number of nitrogen functional groups attached to an aromatic ring is 2. The van der Waals surface area contributed by atoms with Crippen molar-refractivity contribution < 1.29 is 13.2 Å². The van der Waals surface area contributed by atoms with Crippen molar-refractivity contribution in [3.05, 3.63) is 56.6 Å². The summed E-state index contributed by atoms with van der Waals surface area (Å²) in [6, 6.07) is 5.25. The first-order valence-corrected chi connectivity index (χ1v) is 7.45. The monoisotopic (exact) mass is 362 g/mol. The van der Waals surface area contributed by atoms with Gasteiger partial charge in [-0.2, -0.15) is 13.2 Å². The van der Waals surface area contributed by atoms with Crippen molar-refractivity contribution in [3.8, 4) is 0 Å². The summed E-state index contributed by atoms with van der Waals surface area (Å²) in [5, 5.41) is 0.181. The molecular formula is C16H15Cl2F3N2. The number of nitrogens with two attached hydrogens (primary N) is 2. The van der Waals surface area contributed by atoms with Crippen LogP contribution in [0.3, 0.4) is 0 Å². The van der Waals surface area contributed by atoms with Gasteiger partial charge < -0.3 is 11.5 Å². The van der Waals surface area contributed by atoms with Crippen molar-refractivity contribution in [2.45, 2.75) is 25.9 Å². The average molecular weight is 363 g/mol. The quantitative estimate of drug-likeness (QED) is 0.696. The van der Waals surface area contributed by atoms with Gasteiger partial charge in [0.1, 0.15) is 5.92 Å². The van der Waals surface area contributed by atoms with Crippen molar-refractivity contribution in [1.29, 1.82) is 0 Å². The summed E-state index contributed by atoms with van der Waals surface area (Å²) < 4.78 is 41.0. The molecule has 0 saturated heterocycles. The zero-order chi connectivity index (χ0) is 17.5. The minimum Gasteiger partial charge on any atom is -0.397 e. The molecule has 2 aromatic rings. The van der Waals surface area contributed by atoms with Gasteiger partial charge in [-0.05, 0) is 48.2 Å². The minimum atomic E-state index is -4.52.